The Hall–Kier alpha value is -4.05. The number of nitrogens with zero attached hydrogens (tertiary/aromatic N) is 4. The summed E-state index contributed by atoms with van der Waals surface area (Å²) in [7, 11) is 0. The molecule has 1 aromatic heterocycles. The average Bonchev–Trinajstić information content (AvgIpc) is 3.22. The van der Waals surface area contributed by atoms with Gasteiger partial charge in [-0.25, -0.2) is 4.39 Å². The molecule has 1 N–H and O–H groups in total. The van der Waals surface area contributed by atoms with E-state index >= 15 is 0 Å². The molecule has 0 saturated carbocycles. The summed E-state index contributed by atoms with van der Waals surface area (Å²) in [5.41, 5.74) is 1.41. The quantitative estimate of drug-likeness (QED) is 0.249. The highest BCUT2D eigenvalue weighted by atomic mass is 32.2. The van der Waals surface area contributed by atoms with Crippen LogP contribution in [0.2, 0.25) is 0 Å². The monoisotopic (exact) mass is 449 g/mol. The highest BCUT2D eigenvalue weighted by molar-refractivity contribution is 7.99. The van der Waals surface area contributed by atoms with Gasteiger partial charge in [-0.3, -0.25) is 19.5 Å². The van der Waals surface area contributed by atoms with Crippen molar-refractivity contribution >= 4 is 29.0 Å². The number of hydrogen-bond donors (Lipinski definition) is 1. The molecular weight excluding hydrogens is 433 g/mol. The third kappa shape index (κ3) is 4.65. The fourth-order valence-electron chi connectivity index (χ4n) is 2.98. The first-order valence-electron chi connectivity index (χ1n) is 9.46. The van der Waals surface area contributed by atoms with E-state index < -0.39 is 10.7 Å². The van der Waals surface area contributed by atoms with Gasteiger partial charge in [0, 0.05) is 23.5 Å². The summed E-state index contributed by atoms with van der Waals surface area (Å²) in [6.45, 7) is 0. The number of amides is 1. The molecule has 0 unspecified atom stereocenters. The number of nitro groups is 1. The molecule has 1 heterocycles. The number of non-ortho nitro benzene ring substituents is 1. The third-order valence-electron chi connectivity index (χ3n) is 4.46. The fourth-order valence-corrected chi connectivity index (χ4v) is 3.74. The van der Waals surface area contributed by atoms with Crippen molar-refractivity contribution in [3.05, 3.63) is 94.8 Å². The number of hydrogen-bond acceptors (Lipinski definition) is 6. The maximum atomic E-state index is 14.4. The molecule has 10 heteroatoms. The Labute approximate surface area is 186 Å². The highest BCUT2D eigenvalue weighted by Gasteiger charge is 2.19. The first-order valence-corrected chi connectivity index (χ1v) is 10.4. The molecule has 3 aromatic carbocycles. The summed E-state index contributed by atoms with van der Waals surface area (Å²) in [4.78, 5) is 22.6. The highest BCUT2D eigenvalue weighted by Crippen LogP contribution is 2.29. The van der Waals surface area contributed by atoms with Crippen LogP contribution in [-0.4, -0.2) is 31.3 Å². The van der Waals surface area contributed by atoms with Crippen LogP contribution in [0, 0.1) is 15.9 Å². The van der Waals surface area contributed by atoms with Gasteiger partial charge in [-0.05, 0) is 36.4 Å². The van der Waals surface area contributed by atoms with Crippen LogP contribution in [-0.2, 0) is 4.79 Å². The van der Waals surface area contributed by atoms with Gasteiger partial charge in [-0.1, -0.05) is 42.1 Å². The Morgan fingerprint density at radius 2 is 1.69 bits per heavy atom. The molecule has 0 bridgehead atoms. The number of carbonyl (C=O) groups excluding carboxylic acids is 1. The molecule has 4 rings (SSSR count). The SMILES string of the molecule is O=C(CSc1nnc(-c2ccccc2F)n1-c1ccccc1)Nc1ccc([N+](=O)[O-])cc1. The number of anilines is 1. The predicted octanol–water partition coefficient (Wildman–Crippen LogP) is 4.71. The van der Waals surface area contributed by atoms with Gasteiger partial charge in [0.15, 0.2) is 11.0 Å². The van der Waals surface area contributed by atoms with E-state index in [0.29, 0.717) is 22.2 Å². The van der Waals surface area contributed by atoms with E-state index in [1.54, 1.807) is 22.8 Å². The molecule has 160 valence electrons. The summed E-state index contributed by atoms with van der Waals surface area (Å²) in [5.74, 6) is -0.407. The third-order valence-corrected chi connectivity index (χ3v) is 5.39. The van der Waals surface area contributed by atoms with Gasteiger partial charge in [0.2, 0.25) is 5.91 Å². The normalized spacial score (nSPS) is 10.7. The number of nitrogens with one attached hydrogen (secondary N) is 1. The molecule has 0 radical (unpaired) electrons. The number of benzene rings is 3. The minimum Gasteiger partial charge on any atom is -0.325 e. The standard InChI is InChI=1S/C22H16FN5O3S/c23-19-9-5-4-8-18(19)21-25-26-22(27(21)16-6-2-1-3-7-16)32-14-20(29)24-15-10-12-17(13-11-15)28(30)31/h1-13H,14H2,(H,24,29). The molecule has 0 saturated heterocycles. The summed E-state index contributed by atoms with van der Waals surface area (Å²) in [6.07, 6.45) is 0. The van der Waals surface area contributed by atoms with Gasteiger partial charge in [0.05, 0.1) is 16.2 Å². The molecule has 8 nitrogen and oxygen atoms in total. The van der Waals surface area contributed by atoms with E-state index in [9.17, 15) is 19.3 Å². The van der Waals surface area contributed by atoms with E-state index in [0.717, 1.165) is 17.4 Å². The molecule has 0 aliphatic carbocycles. The van der Waals surface area contributed by atoms with Crippen LogP contribution in [0.3, 0.4) is 0 Å². The van der Waals surface area contributed by atoms with Crippen molar-refractivity contribution in [3.8, 4) is 17.1 Å². The van der Waals surface area contributed by atoms with E-state index in [2.05, 4.69) is 15.5 Å². The van der Waals surface area contributed by atoms with Gasteiger partial charge in [-0.2, -0.15) is 0 Å². The molecule has 4 aromatic rings. The van der Waals surface area contributed by atoms with Crippen molar-refractivity contribution in [1.82, 2.24) is 14.8 Å². The van der Waals surface area contributed by atoms with Crippen LogP contribution in [0.1, 0.15) is 0 Å². The smallest absolute Gasteiger partial charge is 0.269 e. The van der Waals surface area contributed by atoms with Crippen LogP contribution in [0.4, 0.5) is 15.8 Å². The zero-order chi connectivity index (χ0) is 22.5. The van der Waals surface area contributed by atoms with E-state index in [1.165, 1.54) is 30.3 Å². The van der Waals surface area contributed by atoms with Crippen molar-refractivity contribution < 1.29 is 14.1 Å². The average molecular weight is 449 g/mol. The van der Waals surface area contributed by atoms with Crippen molar-refractivity contribution in [2.24, 2.45) is 0 Å². The molecule has 0 fully saturated rings. The van der Waals surface area contributed by atoms with Gasteiger partial charge in [0.1, 0.15) is 5.82 Å². The van der Waals surface area contributed by atoms with E-state index in [4.69, 9.17) is 0 Å². The van der Waals surface area contributed by atoms with Crippen LogP contribution in [0.25, 0.3) is 17.1 Å². The van der Waals surface area contributed by atoms with Crippen LogP contribution in [0.5, 0.6) is 0 Å². The van der Waals surface area contributed by atoms with E-state index in [-0.39, 0.29) is 17.3 Å². The molecular formula is C22H16FN5O3S. The van der Waals surface area contributed by atoms with Crippen molar-refractivity contribution in [2.45, 2.75) is 5.16 Å². The topological polar surface area (TPSA) is 103 Å². The summed E-state index contributed by atoms with van der Waals surface area (Å²) < 4.78 is 16.1. The molecule has 32 heavy (non-hydrogen) atoms. The van der Waals surface area contributed by atoms with Crippen LogP contribution < -0.4 is 5.32 Å². The minimum atomic E-state index is -0.509. The lowest BCUT2D eigenvalue weighted by Crippen LogP contribution is -2.14. The molecule has 0 atom stereocenters. The lowest BCUT2D eigenvalue weighted by atomic mass is 10.2. The lowest BCUT2D eigenvalue weighted by molar-refractivity contribution is -0.384. The Bertz CT molecular complexity index is 1260. The number of carbonyl (C=O) groups is 1. The zero-order valence-corrected chi connectivity index (χ0v) is 17.3. The summed E-state index contributed by atoms with van der Waals surface area (Å²) >= 11 is 1.15. The maximum absolute atomic E-state index is 14.4. The van der Waals surface area contributed by atoms with Crippen LogP contribution in [0.15, 0.2) is 84.0 Å². The number of rotatable bonds is 7. The summed E-state index contributed by atoms with van der Waals surface area (Å²) in [5, 5.41) is 22.2. The lowest BCUT2D eigenvalue weighted by Gasteiger charge is -2.11. The second-order valence-electron chi connectivity index (χ2n) is 6.60. The van der Waals surface area contributed by atoms with Crippen molar-refractivity contribution in [3.63, 3.8) is 0 Å². The second kappa shape index (κ2) is 9.40. The molecule has 0 aliphatic heterocycles. The minimum absolute atomic E-state index is 0.0131. The second-order valence-corrected chi connectivity index (χ2v) is 7.54. The largest absolute Gasteiger partial charge is 0.325 e. The first-order chi connectivity index (χ1) is 15.5. The Balaban J connectivity index is 1.55. The summed E-state index contributed by atoms with van der Waals surface area (Å²) in [6, 6.07) is 21.1. The van der Waals surface area contributed by atoms with Gasteiger partial charge in [0.25, 0.3) is 5.69 Å². The van der Waals surface area contributed by atoms with Crippen LogP contribution >= 0.6 is 11.8 Å². The number of thioether (sulfide) groups is 1. The van der Waals surface area contributed by atoms with E-state index in [1.807, 2.05) is 30.3 Å². The van der Waals surface area contributed by atoms with Gasteiger partial charge >= 0.3 is 0 Å². The predicted molar refractivity (Wildman–Crippen MR) is 119 cm³/mol. The zero-order valence-electron chi connectivity index (χ0n) is 16.5. The number of nitro benzene ring substituents is 1. The van der Waals surface area contributed by atoms with Gasteiger partial charge in [-0.15, -0.1) is 10.2 Å². The first kappa shape index (κ1) is 21.2. The van der Waals surface area contributed by atoms with Crippen molar-refractivity contribution in [1.29, 1.82) is 0 Å². The Kier molecular flexibility index (Phi) is 6.22. The number of aromatic nitrogens is 3. The number of halogens is 1. The molecule has 0 spiro atoms. The Morgan fingerprint density at radius 3 is 2.38 bits per heavy atom. The fraction of sp³-hybridized carbons (Fsp3) is 0.0455. The van der Waals surface area contributed by atoms with Gasteiger partial charge < -0.3 is 5.32 Å². The Morgan fingerprint density at radius 1 is 1.00 bits per heavy atom. The van der Waals surface area contributed by atoms with Crippen molar-refractivity contribution in [2.75, 3.05) is 11.1 Å². The number of para-hydroxylation sites is 1. The maximum Gasteiger partial charge on any atom is 0.269 e. The molecule has 0 aliphatic rings. The molecule has 1 amide bonds.